The van der Waals surface area contributed by atoms with Crippen LogP contribution in [0.25, 0.3) is 6.08 Å². The van der Waals surface area contributed by atoms with E-state index < -0.39 is 17.6 Å². The number of hydrogen-bond acceptors (Lipinski definition) is 5. The molecule has 0 aliphatic heterocycles. The molecule has 7 nitrogen and oxygen atoms in total. The zero-order valence-electron chi connectivity index (χ0n) is 13.6. The Hall–Kier alpha value is -2.85. The average molecular weight is 332 g/mol. The minimum Gasteiger partial charge on any atom is -0.507 e. The maximum atomic E-state index is 11.9. The topological polar surface area (TPSA) is 120 Å². The number of benzene rings is 1. The fourth-order valence-electron chi connectivity index (χ4n) is 1.82. The van der Waals surface area contributed by atoms with Gasteiger partial charge in [-0.05, 0) is 44.0 Å². The summed E-state index contributed by atoms with van der Waals surface area (Å²) in [5, 5.41) is 30.2. The third kappa shape index (κ3) is 6.10. The van der Waals surface area contributed by atoms with E-state index in [4.69, 9.17) is 15.1 Å². The Morgan fingerprint density at radius 2 is 2.12 bits per heavy atom. The van der Waals surface area contributed by atoms with Crippen LogP contribution in [-0.4, -0.2) is 41.3 Å². The van der Waals surface area contributed by atoms with E-state index in [1.165, 1.54) is 24.3 Å². The number of carbonyl (C=O) groups excluding carboxylic acids is 1. The molecule has 7 heteroatoms. The molecule has 0 saturated heterocycles. The Morgan fingerprint density at radius 1 is 1.42 bits per heavy atom. The van der Waals surface area contributed by atoms with Gasteiger partial charge in [-0.25, -0.2) is 4.79 Å². The van der Waals surface area contributed by atoms with Gasteiger partial charge in [0.15, 0.2) is 0 Å². The summed E-state index contributed by atoms with van der Waals surface area (Å²) in [4.78, 5) is 22.8. The van der Waals surface area contributed by atoms with Crippen LogP contribution in [-0.2, 0) is 9.53 Å². The summed E-state index contributed by atoms with van der Waals surface area (Å²) in [6.45, 7) is 4.71. The van der Waals surface area contributed by atoms with Gasteiger partial charge in [0.25, 0.3) is 5.91 Å². The van der Waals surface area contributed by atoms with Crippen LogP contribution in [0.2, 0.25) is 0 Å². The van der Waals surface area contributed by atoms with Crippen molar-refractivity contribution in [2.45, 2.75) is 26.4 Å². The zero-order valence-corrected chi connectivity index (χ0v) is 13.6. The molecule has 0 bridgehead atoms. The fraction of sp³-hybridized carbons (Fsp3) is 0.353. The summed E-state index contributed by atoms with van der Waals surface area (Å²) >= 11 is 0. The number of nitrogens with zero attached hydrogens (tertiary/aromatic N) is 1. The Labute approximate surface area is 140 Å². The number of hydrogen-bond donors (Lipinski definition) is 3. The van der Waals surface area contributed by atoms with Crippen LogP contribution in [0.3, 0.4) is 0 Å². The summed E-state index contributed by atoms with van der Waals surface area (Å²) in [5.74, 6) is -2.23. The third-order valence-electron chi connectivity index (χ3n) is 2.99. The molecule has 3 N–H and O–H groups in total. The Balaban J connectivity index is 2.70. The highest BCUT2D eigenvalue weighted by molar-refractivity contribution is 6.01. The van der Waals surface area contributed by atoms with Gasteiger partial charge < -0.3 is 20.3 Å². The van der Waals surface area contributed by atoms with Gasteiger partial charge in [0.1, 0.15) is 23.0 Å². The lowest BCUT2D eigenvalue weighted by Gasteiger charge is -2.08. The molecule has 0 fully saturated rings. The van der Waals surface area contributed by atoms with E-state index in [1.807, 2.05) is 13.8 Å². The molecule has 1 aromatic carbocycles. The largest absolute Gasteiger partial charge is 0.507 e. The molecule has 0 radical (unpaired) electrons. The van der Waals surface area contributed by atoms with Gasteiger partial charge in [-0.2, -0.15) is 5.26 Å². The smallest absolute Gasteiger partial charge is 0.339 e. The highest BCUT2D eigenvalue weighted by atomic mass is 16.5. The number of phenols is 1. The number of nitrogens with one attached hydrogen (secondary N) is 1. The number of carboxylic acids is 1. The van der Waals surface area contributed by atoms with Crippen LogP contribution in [0.5, 0.6) is 5.75 Å². The monoisotopic (exact) mass is 332 g/mol. The molecule has 1 amide bonds. The Bertz CT molecular complexity index is 674. The quantitative estimate of drug-likeness (QED) is 0.380. The van der Waals surface area contributed by atoms with Gasteiger partial charge in [0, 0.05) is 13.2 Å². The predicted octanol–water partition coefficient (Wildman–Crippen LogP) is 1.93. The lowest BCUT2D eigenvalue weighted by atomic mass is 10.1. The second kappa shape index (κ2) is 9.33. The molecule has 0 aliphatic carbocycles. The highest BCUT2D eigenvalue weighted by Crippen LogP contribution is 2.20. The molecule has 0 saturated carbocycles. The molecule has 128 valence electrons. The number of carbonyl (C=O) groups is 2. The van der Waals surface area contributed by atoms with Gasteiger partial charge in [-0.1, -0.05) is 6.07 Å². The summed E-state index contributed by atoms with van der Waals surface area (Å²) < 4.78 is 5.34. The first-order valence-electron chi connectivity index (χ1n) is 7.43. The standard InChI is InChI=1S/C17H20N2O5/c1-11(2)24-7-3-6-19-16(21)13(10-18)8-12-4-5-14(17(22)23)15(20)9-12/h4-5,8-9,11,20H,3,6-7H2,1-2H3,(H,19,21)(H,22,23). The van der Waals surface area contributed by atoms with Crippen LogP contribution >= 0.6 is 0 Å². The van der Waals surface area contributed by atoms with Gasteiger partial charge in [0.05, 0.1) is 6.10 Å². The first-order chi connectivity index (χ1) is 11.3. The Kier molecular flexibility index (Phi) is 7.46. The lowest BCUT2D eigenvalue weighted by molar-refractivity contribution is -0.117. The predicted molar refractivity (Wildman–Crippen MR) is 87.4 cm³/mol. The van der Waals surface area contributed by atoms with Crippen molar-refractivity contribution in [3.63, 3.8) is 0 Å². The summed E-state index contributed by atoms with van der Waals surface area (Å²) in [7, 11) is 0. The van der Waals surface area contributed by atoms with Crippen molar-refractivity contribution in [2.24, 2.45) is 0 Å². The van der Waals surface area contributed by atoms with Crippen molar-refractivity contribution in [3.05, 3.63) is 34.9 Å². The number of carboxylic acid groups (broad SMARTS) is 1. The van der Waals surface area contributed by atoms with E-state index in [-0.39, 0.29) is 17.2 Å². The molecule has 0 atom stereocenters. The van der Waals surface area contributed by atoms with Gasteiger partial charge in [-0.15, -0.1) is 0 Å². The van der Waals surface area contributed by atoms with Crippen molar-refractivity contribution < 1.29 is 24.5 Å². The lowest BCUT2D eigenvalue weighted by Crippen LogP contribution is -2.26. The van der Waals surface area contributed by atoms with Crippen molar-refractivity contribution in [2.75, 3.05) is 13.2 Å². The van der Waals surface area contributed by atoms with Crippen molar-refractivity contribution >= 4 is 18.0 Å². The number of nitriles is 1. The van der Waals surface area contributed by atoms with E-state index in [0.717, 1.165) is 0 Å². The van der Waals surface area contributed by atoms with Crippen LogP contribution in [0.4, 0.5) is 0 Å². The molecule has 0 aromatic heterocycles. The summed E-state index contributed by atoms with van der Waals surface area (Å²) in [6, 6.07) is 5.59. The fourth-order valence-corrected chi connectivity index (χ4v) is 1.82. The van der Waals surface area contributed by atoms with E-state index in [0.29, 0.717) is 25.1 Å². The van der Waals surface area contributed by atoms with Crippen molar-refractivity contribution in [1.82, 2.24) is 5.32 Å². The van der Waals surface area contributed by atoms with E-state index in [1.54, 1.807) is 6.07 Å². The first kappa shape index (κ1) is 19.2. The molecule has 0 heterocycles. The van der Waals surface area contributed by atoms with Gasteiger partial charge in [-0.3, -0.25) is 4.79 Å². The SMILES string of the molecule is CC(C)OCCCNC(=O)C(C#N)=Cc1ccc(C(=O)O)c(O)c1. The summed E-state index contributed by atoms with van der Waals surface area (Å²) in [5.41, 5.74) is -0.0325. The van der Waals surface area contributed by atoms with Crippen LogP contribution in [0, 0.1) is 11.3 Å². The Morgan fingerprint density at radius 3 is 2.67 bits per heavy atom. The molecular formula is C17H20N2O5. The van der Waals surface area contributed by atoms with Crippen LogP contribution in [0.1, 0.15) is 36.2 Å². The maximum Gasteiger partial charge on any atom is 0.339 e. The first-order valence-corrected chi connectivity index (χ1v) is 7.43. The molecule has 1 aromatic rings. The maximum absolute atomic E-state index is 11.9. The van der Waals surface area contributed by atoms with E-state index in [9.17, 15) is 14.7 Å². The second-order valence-electron chi connectivity index (χ2n) is 5.28. The van der Waals surface area contributed by atoms with Crippen molar-refractivity contribution in [3.8, 4) is 11.8 Å². The summed E-state index contributed by atoms with van der Waals surface area (Å²) in [6.07, 6.45) is 2.03. The normalized spacial score (nSPS) is 11.2. The second-order valence-corrected chi connectivity index (χ2v) is 5.28. The van der Waals surface area contributed by atoms with Gasteiger partial charge in [0.2, 0.25) is 0 Å². The number of aromatic carboxylic acids is 1. The number of aromatic hydroxyl groups is 1. The minimum absolute atomic E-state index is 0.122. The third-order valence-corrected chi connectivity index (χ3v) is 2.99. The molecular weight excluding hydrogens is 312 g/mol. The van der Waals surface area contributed by atoms with Crippen LogP contribution < -0.4 is 5.32 Å². The molecule has 1 rings (SSSR count). The van der Waals surface area contributed by atoms with Crippen LogP contribution in [0.15, 0.2) is 23.8 Å². The van der Waals surface area contributed by atoms with E-state index >= 15 is 0 Å². The molecule has 0 spiro atoms. The molecule has 24 heavy (non-hydrogen) atoms. The van der Waals surface area contributed by atoms with Gasteiger partial charge >= 0.3 is 5.97 Å². The number of ether oxygens (including phenoxy) is 1. The van der Waals surface area contributed by atoms with Crippen molar-refractivity contribution in [1.29, 1.82) is 5.26 Å². The molecule has 0 unspecified atom stereocenters. The number of rotatable bonds is 8. The highest BCUT2D eigenvalue weighted by Gasteiger charge is 2.11. The molecule has 0 aliphatic rings. The zero-order chi connectivity index (χ0) is 18.1. The minimum atomic E-state index is -1.26. The number of amides is 1. The van der Waals surface area contributed by atoms with E-state index in [2.05, 4.69) is 5.32 Å². The average Bonchev–Trinajstić information content (AvgIpc) is 2.51.